The van der Waals surface area contributed by atoms with Gasteiger partial charge >= 0.3 is 0 Å². The maximum atomic E-state index is 13.2. The summed E-state index contributed by atoms with van der Waals surface area (Å²) in [6, 6.07) is 5.67. The third-order valence-electron chi connectivity index (χ3n) is 4.53. The Labute approximate surface area is 177 Å². The van der Waals surface area contributed by atoms with Crippen molar-refractivity contribution in [2.75, 3.05) is 58.2 Å². The second-order valence-corrected chi connectivity index (χ2v) is 8.69. The number of halogens is 1. The molecule has 0 bridgehead atoms. The average molecular weight is 422 g/mol. The molecule has 1 aromatic rings. The molecule has 0 atom stereocenters. The van der Waals surface area contributed by atoms with Crippen LogP contribution in [-0.4, -0.2) is 90.8 Å². The fourth-order valence-electron chi connectivity index (χ4n) is 3.21. The summed E-state index contributed by atoms with van der Waals surface area (Å²) in [5.41, 5.74) is 0.117. The molecular formula is C21H32FN5O3. The molecule has 0 spiro atoms. The molecular weight excluding hydrogens is 389 g/mol. The van der Waals surface area contributed by atoms with Crippen molar-refractivity contribution in [1.82, 2.24) is 20.0 Å². The second kappa shape index (κ2) is 10.5. The van der Waals surface area contributed by atoms with Crippen LogP contribution in [0.15, 0.2) is 24.3 Å². The van der Waals surface area contributed by atoms with E-state index >= 15 is 0 Å². The monoisotopic (exact) mass is 421 g/mol. The first-order chi connectivity index (χ1) is 14.0. The molecule has 0 aromatic heterocycles. The number of nitrogens with zero attached hydrogens (tertiary/aromatic N) is 3. The molecule has 0 unspecified atom stereocenters. The van der Waals surface area contributed by atoms with E-state index in [0.717, 1.165) is 0 Å². The number of carbonyl (C=O) groups is 3. The highest BCUT2D eigenvalue weighted by Gasteiger charge is 2.24. The van der Waals surface area contributed by atoms with Gasteiger partial charge in [-0.3, -0.25) is 24.2 Å². The van der Waals surface area contributed by atoms with Crippen LogP contribution >= 0.6 is 0 Å². The summed E-state index contributed by atoms with van der Waals surface area (Å²) in [5, 5.41) is 5.55. The molecule has 1 aliphatic heterocycles. The Balaban J connectivity index is 1.71. The molecule has 166 valence electrons. The van der Waals surface area contributed by atoms with E-state index in [4.69, 9.17) is 0 Å². The number of anilines is 1. The number of carbonyl (C=O) groups excluding carboxylic acids is 3. The van der Waals surface area contributed by atoms with E-state index in [0.29, 0.717) is 38.4 Å². The van der Waals surface area contributed by atoms with Crippen molar-refractivity contribution in [2.24, 2.45) is 0 Å². The van der Waals surface area contributed by atoms with Gasteiger partial charge in [-0.25, -0.2) is 4.39 Å². The Morgan fingerprint density at radius 2 is 1.73 bits per heavy atom. The van der Waals surface area contributed by atoms with Crippen molar-refractivity contribution in [3.05, 3.63) is 30.1 Å². The smallest absolute Gasteiger partial charge is 0.238 e. The highest BCUT2D eigenvalue weighted by molar-refractivity contribution is 5.92. The van der Waals surface area contributed by atoms with Crippen molar-refractivity contribution in [1.29, 1.82) is 0 Å². The summed E-state index contributed by atoms with van der Waals surface area (Å²) < 4.78 is 13.2. The van der Waals surface area contributed by atoms with E-state index in [1.807, 2.05) is 25.7 Å². The molecule has 9 heteroatoms. The Morgan fingerprint density at radius 1 is 1.07 bits per heavy atom. The average Bonchev–Trinajstić information content (AvgIpc) is 2.60. The first-order valence-electron chi connectivity index (χ1n) is 10.1. The summed E-state index contributed by atoms with van der Waals surface area (Å²) >= 11 is 0. The summed E-state index contributed by atoms with van der Waals surface area (Å²) in [7, 11) is 1.69. The number of rotatable bonds is 7. The van der Waals surface area contributed by atoms with Gasteiger partial charge in [0.1, 0.15) is 5.82 Å². The number of likely N-dealkylation sites (N-methyl/N-ethyl adjacent to an activating group) is 1. The Kier molecular flexibility index (Phi) is 8.31. The lowest BCUT2D eigenvalue weighted by Gasteiger charge is -2.35. The molecule has 30 heavy (non-hydrogen) atoms. The van der Waals surface area contributed by atoms with E-state index in [-0.39, 0.29) is 36.3 Å². The lowest BCUT2D eigenvalue weighted by molar-refractivity contribution is -0.134. The van der Waals surface area contributed by atoms with E-state index in [1.54, 1.807) is 22.9 Å². The van der Waals surface area contributed by atoms with Crippen molar-refractivity contribution >= 4 is 23.4 Å². The quantitative estimate of drug-likeness (QED) is 0.679. The predicted molar refractivity (Wildman–Crippen MR) is 113 cm³/mol. The summed E-state index contributed by atoms with van der Waals surface area (Å²) in [5.74, 6) is -0.821. The SMILES string of the molecule is CN(CC(=O)Nc1cccc(F)c1)CC(=O)N1CCN(CC(=O)NC(C)(C)C)CC1. The minimum absolute atomic E-state index is 0.0219. The van der Waals surface area contributed by atoms with Gasteiger partial charge in [0.2, 0.25) is 17.7 Å². The fraction of sp³-hybridized carbons (Fsp3) is 0.571. The van der Waals surface area contributed by atoms with Crippen LogP contribution in [0.4, 0.5) is 10.1 Å². The van der Waals surface area contributed by atoms with E-state index < -0.39 is 5.82 Å². The minimum Gasteiger partial charge on any atom is -0.350 e. The zero-order valence-corrected chi connectivity index (χ0v) is 18.2. The Bertz CT molecular complexity index is 757. The van der Waals surface area contributed by atoms with Crippen molar-refractivity contribution < 1.29 is 18.8 Å². The van der Waals surface area contributed by atoms with E-state index in [2.05, 4.69) is 10.6 Å². The second-order valence-electron chi connectivity index (χ2n) is 8.69. The lowest BCUT2D eigenvalue weighted by Crippen LogP contribution is -2.54. The summed E-state index contributed by atoms with van der Waals surface area (Å²) in [6.07, 6.45) is 0. The zero-order chi connectivity index (χ0) is 22.3. The predicted octanol–water partition coefficient (Wildman–Crippen LogP) is 0.755. The Hall–Kier alpha value is -2.52. The van der Waals surface area contributed by atoms with Gasteiger partial charge in [-0.15, -0.1) is 0 Å². The standard InChI is InChI=1S/C21H32FN5O3/c1-21(2,3)24-19(29)14-26-8-10-27(11-9-26)20(30)15-25(4)13-18(28)23-17-7-5-6-16(22)12-17/h5-7,12H,8-11,13-15H2,1-4H3,(H,23,28)(H,24,29). The molecule has 1 fully saturated rings. The van der Waals surface area contributed by atoms with Crippen LogP contribution in [-0.2, 0) is 14.4 Å². The van der Waals surface area contributed by atoms with Gasteiger partial charge in [-0.05, 0) is 46.0 Å². The van der Waals surface area contributed by atoms with Gasteiger partial charge < -0.3 is 15.5 Å². The van der Waals surface area contributed by atoms with Crippen molar-refractivity contribution in [3.63, 3.8) is 0 Å². The zero-order valence-electron chi connectivity index (χ0n) is 18.2. The van der Waals surface area contributed by atoms with Gasteiger partial charge in [0.25, 0.3) is 0 Å². The molecule has 1 saturated heterocycles. The topological polar surface area (TPSA) is 85.0 Å². The van der Waals surface area contributed by atoms with Crippen molar-refractivity contribution in [3.8, 4) is 0 Å². The normalized spacial score (nSPS) is 15.2. The van der Waals surface area contributed by atoms with Gasteiger partial charge in [-0.2, -0.15) is 0 Å². The van der Waals surface area contributed by atoms with Crippen LogP contribution in [0.2, 0.25) is 0 Å². The van der Waals surface area contributed by atoms with Crippen LogP contribution < -0.4 is 10.6 Å². The van der Waals surface area contributed by atoms with Crippen LogP contribution in [0, 0.1) is 5.82 Å². The summed E-state index contributed by atoms with van der Waals surface area (Å²) in [6.45, 7) is 8.63. The molecule has 0 radical (unpaired) electrons. The first-order valence-corrected chi connectivity index (χ1v) is 10.1. The van der Waals surface area contributed by atoms with Crippen LogP contribution in [0.5, 0.6) is 0 Å². The number of piperazine rings is 1. The van der Waals surface area contributed by atoms with Crippen LogP contribution in [0.25, 0.3) is 0 Å². The van der Waals surface area contributed by atoms with Gasteiger partial charge in [-0.1, -0.05) is 6.07 Å². The minimum atomic E-state index is -0.425. The molecule has 1 aromatic carbocycles. The Morgan fingerprint density at radius 3 is 2.33 bits per heavy atom. The molecule has 3 amide bonds. The van der Waals surface area contributed by atoms with Crippen LogP contribution in [0.1, 0.15) is 20.8 Å². The molecule has 2 N–H and O–H groups in total. The highest BCUT2D eigenvalue weighted by atomic mass is 19.1. The maximum Gasteiger partial charge on any atom is 0.238 e. The maximum absolute atomic E-state index is 13.2. The van der Waals surface area contributed by atoms with Crippen molar-refractivity contribution in [2.45, 2.75) is 26.3 Å². The fourth-order valence-corrected chi connectivity index (χ4v) is 3.21. The largest absolute Gasteiger partial charge is 0.350 e. The van der Waals surface area contributed by atoms with Gasteiger partial charge in [0.05, 0.1) is 19.6 Å². The molecule has 8 nitrogen and oxygen atoms in total. The van der Waals surface area contributed by atoms with E-state index in [1.165, 1.54) is 18.2 Å². The number of nitrogens with one attached hydrogen (secondary N) is 2. The van der Waals surface area contributed by atoms with E-state index in [9.17, 15) is 18.8 Å². The first kappa shape index (κ1) is 23.8. The number of amides is 3. The van der Waals surface area contributed by atoms with Gasteiger partial charge in [0.15, 0.2) is 0 Å². The molecule has 1 heterocycles. The highest BCUT2D eigenvalue weighted by Crippen LogP contribution is 2.09. The molecule has 0 aliphatic carbocycles. The number of benzene rings is 1. The van der Waals surface area contributed by atoms with Crippen LogP contribution in [0.3, 0.4) is 0 Å². The molecule has 0 saturated carbocycles. The molecule has 2 rings (SSSR count). The molecule has 1 aliphatic rings. The number of hydrogen-bond acceptors (Lipinski definition) is 5. The number of hydrogen-bond donors (Lipinski definition) is 2. The van der Waals surface area contributed by atoms with Gasteiger partial charge in [0, 0.05) is 37.4 Å². The third kappa shape index (κ3) is 8.46. The lowest BCUT2D eigenvalue weighted by atomic mass is 10.1. The summed E-state index contributed by atoms with van der Waals surface area (Å²) in [4.78, 5) is 42.1. The third-order valence-corrected chi connectivity index (χ3v) is 4.53.